The van der Waals surface area contributed by atoms with Crippen molar-refractivity contribution in [2.45, 2.75) is 19.3 Å². The molecule has 0 aromatic heterocycles. The van der Waals surface area contributed by atoms with Crippen LogP contribution in [-0.2, 0) is 4.79 Å². The van der Waals surface area contributed by atoms with E-state index < -0.39 is 0 Å². The van der Waals surface area contributed by atoms with E-state index in [-0.39, 0.29) is 5.91 Å². The molecule has 0 radical (unpaired) electrons. The molecule has 1 aliphatic carbocycles. The minimum Gasteiger partial charge on any atom is -0.369 e. The van der Waals surface area contributed by atoms with Crippen LogP contribution in [0.15, 0.2) is 30.3 Å². The van der Waals surface area contributed by atoms with Crippen LogP contribution in [0, 0.1) is 5.92 Å². The number of hydrogen-bond acceptors (Lipinski definition) is 3. The van der Waals surface area contributed by atoms with E-state index in [4.69, 9.17) is 0 Å². The number of rotatable bonds is 6. The molecule has 2 aliphatic rings. The van der Waals surface area contributed by atoms with Gasteiger partial charge >= 0.3 is 0 Å². The summed E-state index contributed by atoms with van der Waals surface area (Å²) in [6.45, 7) is 6.34. The minimum absolute atomic E-state index is 0.267. The molecule has 1 aromatic carbocycles. The summed E-state index contributed by atoms with van der Waals surface area (Å²) in [6, 6.07) is 10.6. The predicted molar refractivity (Wildman–Crippen MR) is 85.4 cm³/mol. The highest BCUT2D eigenvalue weighted by Gasteiger charge is 2.29. The maximum absolute atomic E-state index is 11.5. The Labute approximate surface area is 127 Å². The van der Waals surface area contributed by atoms with Crippen molar-refractivity contribution in [1.82, 2.24) is 10.2 Å². The molecule has 1 saturated carbocycles. The number of para-hydroxylation sites is 1. The fourth-order valence-corrected chi connectivity index (χ4v) is 2.87. The lowest BCUT2D eigenvalue weighted by atomic mass is 10.2. The molecule has 1 heterocycles. The highest BCUT2D eigenvalue weighted by atomic mass is 16.2. The minimum atomic E-state index is 0.267. The van der Waals surface area contributed by atoms with E-state index in [2.05, 4.69) is 45.4 Å². The number of nitrogens with zero attached hydrogens (tertiary/aromatic N) is 2. The van der Waals surface area contributed by atoms with E-state index in [9.17, 15) is 4.79 Å². The van der Waals surface area contributed by atoms with E-state index in [0.717, 1.165) is 58.5 Å². The predicted octanol–water partition coefficient (Wildman–Crippen LogP) is 1.72. The molecule has 0 spiro atoms. The molecule has 114 valence electrons. The maximum Gasteiger partial charge on any atom is 0.223 e. The number of nitrogens with one attached hydrogen (secondary N) is 1. The van der Waals surface area contributed by atoms with Gasteiger partial charge in [-0.25, -0.2) is 0 Å². The van der Waals surface area contributed by atoms with Crippen molar-refractivity contribution in [3.63, 3.8) is 0 Å². The summed E-state index contributed by atoms with van der Waals surface area (Å²) < 4.78 is 0. The van der Waals surface area contributed by atoms with E-state index in [1.807, 2.05) is 0 Å². The summed E-state index contributed by atoms with van der Waals surface area (Å²) in [7, 11) is 0. The topological polar surface area (TPSA) is 35.6 Å². The molecule has 4 nitrogen and oxygen atoms in total. The van der Waals surface area contributed by atoms with Gasteiger partial charge in [0.1, 0.15) is 0 Å². The molecule has 0 unspecified atom stereocenters. The third kappa shape index (κ3) is 4.21. The van der Waals surface area contributed by atoms with Crippen molar-refractivity contribution in [2.75, 3.05) is 44.2 Å². The summed E-state index contributed by atoms with van der Waals surface area (Å²) in [5.41, 5.74) is 1.33. The SMILES string of the molecule is O=C(NCCCN1CCN(c2ccccc2)CC1)C1CC1. The molecular formula is C17H25N3O. The number of hydrogen-bond donors (Lipinski definition) is 1. The second-order valence-electron chi connectivity index (χ2n) is 6.08. The van der Waals surface area contributed by atoms with Crippen LogP contribution >= 0.6 is 0 Å². The molecule has 1 N–H and O–H groups in total. The van der Waals surface area contributed by atoms with Gasteiger partial charge in [-0.15, -0.1) is 0 Å². The Morgan fingerprint density at radius 3 is 2.48 bits per heavy atom. The smallest absolute Gasteiger partial charge is 0.223 e. The number of amides is 1. The quantitative estimate of drug-likeness (QED) is 0.809. The third-order valence-electron chi connectivity index (χ3n) is 4.39. The number of carbonyl (C=O) groups is 1. The van der Waals surface area contributed by atoms with Crippen LogP contribution in [-0.4, -0.2) is 50.1 Å². The van der Waals surface area contributed by atoms with Crippen LogP contribution in [0.1, 0.15) is 19.3 Å². The first-order chi connectivity index (χ1) is 10.3. The average molecular weight is 287 g/mol. The summed E-state index contributed by atoms with van der Waals surface area (Å²) in [5.74, 6) is 0.600. The van der Waals surface area contributed by atoms with Crippen molar-refractivity contribution in [3.05, 3.63) is 30.3 Å². The summed E-state index contributed by atoms with van der Waals surface area (Å²) in [6.07, 6.45) is 3.24. The van der Waals surface area contributed by atoms with Crippen molar-refractivity contribution in [2.24, 2.45) is 5.92 Å². The van der Waals surface area contributed by atoms with Crippen LogP contribution in [0.25, 0.3) is 0 Å². The monoisotopic (exact) mass is 287 g/mol. The van der Waals surface area contributed by atoms with Gasteiger partial charge in [0.05, 0.1) is 0 Å². The molecule has 3 rings (SSSR count). The Hall–Kier alpha value is -1.55. The Kier molecular flexibility index (Phi) is 4.76. The zero-order chi connectivity index (χ0) is 14.5. The van der Waals surface area contributed by atoms with Crippen LogP contribution in [0.2, 0.25) is 0 Å². The lowest BCUT2D eigenvalue weighted by Gasteiger charge is -2.36. The highest BCUT2D eigenvalue weighted by Crippen LogP contribution is 2.28. The molecule has 0 atom stereocenters. The first kappa shape index (κ1) is 14.4. The maximum atomic E-state index is 11.5. The van der Waals surface area contributed by atoms with Gasteiger partial charge in [0.15, 0.2) is 0 Å². The lowest BCUT2D eigenvalue weighted by Crippen LogP contribution is -2.47. The van der Waals surface area contributed by atoms with Gasteiger partial charge in [-0.1, -0.05) is 18.2 Å². The van der Waals surface area contributed by atoms with Crippen molar-refractivity contribution >= 4 is 11.6 Å². The van der Waals surface area contributed by atoms with Crippen LogP contribution < -0.4 is 10.2 Å². The summed E-state index contributed by atoms with van der Waals surface area (Å²) in [4.78, 5) is 16.5. The fraction of sp³-hybridized carbons (Fsp3) is 0.588. The molecule has 0 bridgehead atoms. The number of carbonyl (C=O) groups excluding carboxylic acids is 1. The number of anilines is 1. The van der Waals surface area contributed by atoms with Crippen molar-refractivity contribution in [3.8, 4) is 0 Å². The Morgan fingerprint density at radius 1 is 1.10 bits per heavy atom. The Balaban J connectivity index is 1.31. The highest BCUT2D eigenvalue weighted by molar-refractivity contribution is 5.80. The Bertz CT molecular complexity index is 450. The van der Waals surface area contributed by atoms with Gasteiger partial charge in [-0.3, -0.25) is 9.69 Å². The van der Waals surface area contributed by atoms with Gasteiger partial charge in [-0.05, 0) is 37.9 Å². The molecular weight excluding hydrogens is 262 g/mol. The first-order valence-electron chi connectivity index (χ1n) is 8.13. The van der Waals surface area contributed by atoms with Crippen LogP contribution in [0.5, 0.6) is 0 Å². The molecule has 2 fully saturated rings. The fourth-order valence-electron chi connectivity index (χ4n) is 2.87. The molecule has 4 heteroatoms. The van der Waals surface area contributed by atoms with E-state index in [1.54, 1.807) is 0 Å². The molecule has 1 aliphatic heterocycles. The van der Waals surface area contributed by atoms with Gasteiger partial charge < -0.3 is 10.2 Å². The average Bonchev–Trinajstić information content (AvgIpc) is 3.38. The molecule has 21 heavy (non-hydrogen) atoms. The zero-order valence-corrected chi connectivity index (χ0v) is 12.6. The first-order valence-corrected chi connectivity index (χ1v) is 8.13. The number of piperazine rings is 1. The summed E-state index contributed by atoms with van der Waals surface area (Å²) >= 11 is 0. The van der Waals surface area contributed by atoms with Gasteiger partial charge in [0, 0.05) is 44.3 Å². The standard InChI is InChI=1S/C17H25N3O/c21-17(15-7-8-15)18-9-4-10-19-11-13-20(14-12-19)16-5-2-1-3-6-16/h1-3,5-6,15H,4,7-14H2,(H,18,21). The zero-order valence-electron chi connectivity index (χ0n) is 12.6. The van der Waals surface area contributed by atoms with Gasteiger partial charge in [0.25, 0.3) is 0 Å². The van der Waals surface area contributed by atoms with E-state index >= 15 is 0 Å². The normalized spacial score (nSPS) is 19.5. The number of benzene rings is 1. The molecule has 1 saturated heterocycles. The van der Waals surface area contributed by atoms with Crippen LogP contribution in [0.4, 0.5) is 5.69 Å². The Morgan fingerprint density at radius 2 is 1.81 bits per heavy atom. The van der Waals surface area contributed by atoms with Crippen molar-refractivity contribution < 1.29 is 4.79 Å². The van der Waals surface area contributed by atoms with Crippen LogP contribution in [0.3, 0.4) is 0 Å². The van der Waals surface area contributed by atoms with E-state index in [1.165, 1.54) is 5.69 Å². The summed E-state index contributed by atoms with van der Waals surface area (Å²) in [5, 5.41) is 3.04. The molecule has 1 aromatic rings. The second-order valence-corrected chi connectivity index (χ2v) is 6.08. The van der Waals surface area contributed by atoms with Gasteiger partial charge in [0.2, 0.25) is 5.91 Å². The lowest BCUT2D eigenvalue weighted by molar-refractivity contribution is -0.122. The largest absolute Gasteiger partial charge is 0.369 e. The third-order valence-corrected chi connectivity index (χ3v) is 4.39. The second kappa shape index (κ2) is 6.94. The van der Waals surface area contributed by atoms with E-state index in [0.29, 0.717) is 5.92 Å². The van der Waals surface area contributed by atoms with Gasteiger partial charge in [-0.2, -0.15) is 0 Å². The van der Waals surface area contributed by atoms with Crippen molar-refractivity contribution in [1.29, 1.82) is 0 Å². The molecule has 1 amide bonds.